The summed E-state index contributed by atoms with van der Waals surface area (Å²) < 4.78 is 67.0. The molecule has 0 unspecified atom stereocenters. The lowest BCUT2D eigenvalue weighted by molar-refractivity contribution is 0.260. The number of hydrogen-bond donors (Lipinski definition) is 3. The van der Waals surface area contributed by atoms with Crippen LogP contribution in [-0.4, -0.2) is 77.8 Å². The van der Waals surface area contributed by atoms with Crippen molar-refractivity contribution in [2.45, 2.75) is 38.5 Å². The molecule has 0 bridgehead atoms. The first-order valence-electron chi connectivity index (χ1n) is 15.0. The molecular formula is C33H45O13P. The van der Waals surface area contributed by atoms with Gasteiger partial charge in [-0.05, 0) is 91.6 Å². The number of aliphatic hydroxyl groups is 3. The van der Waals surface area contributed by atoms with E-state index in [1.54, 1.807) is 36.4 Å². The van der Waals surface area contributed by atoms with Crippen LogP contribution in [0.3, 0.4) is 0 Å². The first-order chi connectivity index (χ1) is 22.7. The first kappa shape index (κ1) is 37.4. The lowest BCUT2D eigenvalue weighted by Crippen LogP contribution is -2.12. The zero-order valence-electron chi connectivity index (χ0n) is 27.7. The SMILES string of the molecule is COc1cc(CCCO)cc(OC)c1OP(=O)(Oc1c(OC)cc(CCCO)cc1OC)Oc1c(OC)cc(CCCO)cc1OC. The molecule has 0 atom stereocenters. The Morgan fingerprint density at radius 2 is 0.660 bits per heavy atom. The Morgan fingerprint density at radius 1 is 0.447 bits per heavy atom. The van der Waals surface area contributed by atoms with Crippen LogP contribution in [-0.2, 0) is 23.8 Å². The number of phosphoric ester groups is 1. The maximum absolute atomic E-state index is 15.0. The van der Waals surface area contributed by atoms with Crippen molar-refractivity contribution in [1.82, 2.24) is 0 Å². The van der Waals surface area contributed by atoms with Gasteiger partial charge in [-0.3, -0.25) is 0 Å². The summed E-state index contributed by atoms with van der Waals surface area (Å²) in [5.74, 6) is 0.760. The molecule has 0 aliphatic rings. The highest BCUT2D eigenvalue weighted by molar-refractivity contribution is 7.49. The number of ether oxygens (including phenoxy) is 6. The van der Waals surface area contributed by atoms with E-state index in [0.29, 0.717) is 38.5 Å². The Kier molecular flexibility index (Phi) is 14.6. The second-order valence-corrected chi connectivity index (χ2v) is 11.6. The summed E-state index contributed by atoms with van der Waals surface area (Å²) in [5.41, 5.74) is 2.33. The van der Waals surface area contributed by atoms with Crippen LogP contribution in [0.1, 0.15) is 36.0 Å². The Hall–Kier alpha value is -4.03. The number of methoxy groups -OCH3 is 6. The molecule has 0 fully saturated rings. The molecule has 14 heteroatoms. The molecule has 0 radical (unpaired) electrons. The van der Waals surface area contributed by atoms with E-state index >= 15 is 4.57 Å². The second kappa shape index (κ2) is 18.3. The number of aliphatic hydroxyl groups excluding tert-OH is 3. The average Bonchev–Trinajstić information content (AvgIpc) is 3.09. The van der Waals surface area contributed by atoms with Gasteiger partial charge in [0.15, 0.2) is 34.5 Å². The first-order valence-corrected chi connectivity index (χ1v) is 16.5. The molecule has 3 N–H and O–H groups in total. The van der Waals surface area contributed by atoms with E-state index in [2.05, 4.69) is 0 Å². The average molecular weight is 681 g/mol. The van der Waals surface area contributed by atoms with Gasteiger partial charge in [-0.2, -0.15) is 4.57 Å². The van der Waals surface area contributed by atoms with Gasteiger partial charge in [0.1, 0.15) is 0 Å². The maximum Gasteiger partial charge on any atom is 0.647 e. The lowest BCUT2D eigenvalue weighted by Gasteiger charge is -2.25. The third kappa shape index (κ3) is 9.74. The van der Waals surface area contributed by atoms with Gasteiger partial charge in [-0.25, -0.2) is 0 Å². The summed E-state index contributed by atoms with van der Waals surface area (Å²) in [4.78, 5) is 0. The van der Waals surface area contributed by atoms with Crippen LogP contribution in [0, 0.1) is 0 Å². The van der Waals surface area contributed by atoms with Crippen molar-refractivity contribution in [3.05, 3.63) is 53.1 Å². The van der Waals surface area contributed by atoms with E-state index in [-0.39, 0.29) is 71.6 Å². The van der Waals surface area contributed by atoms with Gasteiger partial charge in [0.05, 0.1) is 42.7 Å². The number of aryl methyl sites for hydroxylation is 3. The molecule has 0 saturated heterocycles. The molecule has 0 heterocycles. The van der Waals surface area contributed by atoms with Gasteiger partial charge in [-0.15, -0.1) is 0 Å². The van der Waals surface area contributed by atoms with Gasteiger partial charge < -0.3 is 57.3 Å². The minimum Gasteiger partial charge on any atom is -0.493 e. The molecule has 0 saturated carbocycles. The Balaban J connectivity index is 2.24. The van der Waals surface area contributed by atoms with Crippen LogP contribution in [0.2, 0.25) is 0 Å². The van der Waals surface area contributed by atoms with Crippen molar-refractivity contribution < 1.29 is 61.9 Å². The molecule has 0 aromatic heterocycles. The van der Waals surface area contributed by atoms with Gasteiger partial charge >= 0.3 is 7.82 Å². The van der Waals surface area contributed by atoms with Crippen molar-refractivity contribution in [3.8, 4) is 51.7 Å². The smallest absolute Gasteiger partial charge is 0.493 e. The molecule has 260 valence electrons. The number of phosphoric acid groups is 1. The minimum absolute atomic E-state index is 0.00925. The highest BCUT2D eigenvalue weighted by Gasteiger charge is 2.40. The zero-order valence-corrected chi connectivity index (χ0v) is 28.6. The summed E-state index contributed by atoms with van der Waals surface area (Å²) in [6.07, 6.45) is 3.05. The Labute approximate surface area is 275 Å². The van der Waals surface area contributed by atoms with Gasteiger partial charge in [0.25, 0.3) is 0 Å². The molecule has 3 rings (SSSR count). The topological polar surface area (TPSA) is 161 Å². The summed E-state index contributed by atoms with van der Waals surface area (Å²) in [6, 6.07) is 10.0. The molecular weight excluding hydrogens is 635 g/mol. The molecule has 47 heavy (non-hydrogen) atoms. The van der Waals surface area contributed by atoms with Crippen molar-refractivity contribution in [1.29, 1.82) is 0 Å². The number of rotatable bonds is 21. The molecule has 0 spiro atoms. The fourth-order valence-corrected chi connectivity index (χ4v) is 6.07. The van der Waals surface area contributed by atoms with Crippen molar-refractivity contribution in [2.75, 3.05) is 62.5 Å². The molecule has 0 aliphatic heterocycles. The summed E-state index contributed by atoms with van der Waals surface area (Å²) >= 11 is 0. The standard InChI is InChI=1S/C33H45O13P/c1-38-25-16-22(10-7-13-34)17-26(39-2)31(25)44-47(37,45-32-27(40-3)18-23(11-8-14-35)19-28(32)41-4)46-33-29(42-5)20-24(12-9-15-36)21-30(33)43-6/h16-21,34-36H,7-15H2,1-6H3. The van der Waals surface area contributed by atoms with Crippen LogP contribution >= 0.6 is 7.82 Å². The highest BCUT2D eigenvalue weighted by atomic mass is 31.2. The fraction of sp³-hybridized carbons (Fsp3) is 0.455. The van der Waals surface area contributed by atoms with E-state index in [0.717, 1.165) is 16.7 Å². The normalized spacial score (nSPS) is 11.1. The largest absolute Gasteiger partial charge is 0.647 e. The Morgan fingerprint density at radius 3 is 0.830 bits per heavy atom. The molecule has 13 nitrogen and oxygen atoms in total. The fourth-order valence-electron chi connectivity index (χ4n) is 4.75. The summed E-state index contributed by atoms with van der Waals surface area (Å²) in [5, 5.41) is 28.0. The van der Waals surface area contributed by atoms with Gasteiger partial charge in [-0.1, -0.05) is 0 Å². The van der Waals surface area contributed by atoms with Crippen molar-refractivity contribution >= 4 is 7.82 Å². The third-order valence-electron chi connectivity index (χ3n) is 7.04. The molecule has 0 amide bonds. The molecule has 3 aromatic rings. The van der Waals surface area contributed by atoms with Crippen molar-refractivity contribution in [2.24, 2.45) is 0 Å². The predicted octanol–water partition coefficient (Wildman–Crippen LogP) is 5.16. The van der Waals surface area contributed by atoms with E-state index in [1.165, 1.54) is 42.7 Å². The van der Waals surface area contributed by atoms with Crippen LogP contribution in [0.4, 0.5) is 0 Å². The summed E-state index contributed by atoms with van der Waals surface area (Å²) in [7, 11) is 3.66. The van der Waals surface area contributed by atoms with Crippen LogP contribution in [0.5, 0.6) is 51.7 Å². The minimum atomic E-state index is -4.83. The monoisotopic (exact) mass is 680 g/mol. The van der Waals surface area contributed by atoms with Crippen LogP contribution in [0.25, 0.3) is 0 Å². The lowest BCUT2D eigenvalue weighted by atomic mass is 10.1. The van der Waals surface area contributed by atoms with E-state index in [1.807, 2.05) is 0 Å². The van der Waals surface area contributed by atoms with Gasteiger partial charge in [0.2, 0.25) is 17.2 Å². The third-order valence-corrected chi connectivity index (χ3v) is 8.26. The Bertz CT molecular complexity index is 1240. The quantitative estimate of drug-likeness (QED) is 0.127. The van der Waals surface area contributed by atoms with Crippen molar-refractivity contribution in [3.63, 3.8) is 0 Å². The van der Waals surface area contributed by atoms with Crippen LogP contribution in [0.15, 0.2) is 36.4 Å². The van der Waals surface area contributed by atoms with E-state index in [9.17, 15) is 15.3 Å². The van der Waals surface area contributed by atoms with E-state index in [4.69, 9.17) is 42.0 Å². The number of hydrogen-bond acceptors (Lipinski definition) is 13. The second-order valence-electron chi connectivity index (χ2n) is 10.2. The summed E-state index contributed by atoms with van der Waals surface area (Å²) in [6.45, 7) is -0.0278. The number of benzene rings is 3. The highest BCUT2D eigenvalue weighted by Crippen LogP contribution is 2.59. The molecule has 3 aromatic carbocycles. The van der Waals surface area contributed by atoms with Gasteiger partial charge in [0, 0.05) is 19.8 Å². The predicted molar refractivity (Wildman–Crippen MR) is 174 cm³/mol. The van der Waals surface area contributed by atoms with E-state index < -0.39 is 7.82 Å². The maximum atomic E-state index is 15.0. The zero-order chi connectivity index (χ0) is 34.4. The van der Waals surface area contributed by atoms with Crippen LogP contribution < -0.4 is 42.0 Å². The molecule has 0 aliphatic carbocycles.